The van der Waals surface area contributed by atoms with Gasteiger partial charge < -0.3 is 10.1 Å². The first-order valence-corrected chi connectivity index (χ1v) is 6.70. The van der Waals surface area contributed by atoms with Crippen LogP contribution in [0, 0.1) is 5.92 Å². The number of hydrogen-bond acceptors (Lipinski definition) is 4. The summed E-state index contributed by atoms with van der Waals surface area (Å²) in [5, 5.41) is 11.7. The predicted molar refractivity (Wildman–Crippen MR) is 73.4 cm³/mol. The van der Waals surface area contributed by atoms with E-state index < -0.39 is 0 Å². The molecule has 1 aliphatic heterocycles. The van der Waals surface area contributed by atoms with Gasteiger partial charge in [-0.15, -0.1) is 0 Å². The number of ether oxygens (including phenoxy) is 1. The molecule has 1 saturated heterocycles. The van der Waals surface area contributed by atoms with E-state index in [9.17, 15) is 0 Å². The van der Waals surface area contributed by atoms with Crippen LogP contribution in [0.1, 0.15) is 12.8 Å². The Morgan fingerprint density at radius 1 is 1.21 bits per heavy atom. The van der Waals surface area contributed by atoms with Crippen LogP contribution >= 0.6 is 0 Å². The summed E-state index contributed by atoms with van der Waals surface area (Å²) >= 11 is 0. The van der Waals surface area contributed by atoms with Crippen LogP contribution in [0.3, 0.4) is 0 Å². The Kier molecular flexibility index (Phi) is 3.74. The highest BCUT2D eigenvalue weighted by Gasteiger charge is 2.13. The number of benzene rings is 1. The minimum absolute atomic E-state index is 0.626. The van der Waals surface area contributed by atoms with Gasteiger partial charge in [0.1, 0.15) is 0 Å². The Bertz CT molecular complexity index is 489. The molecule has 1 aromatic carbocycles. The first-order valence-electron chi connectivity index (χ1n) is 6.70. The lowest BCUT2D eigenvalue weighted by molar-refractivity contribution is 0.0595. The molecule has 0 spiro atoms. The van der Waals surface area contributed by atoms with E-state index in [0.717, 1.165) is 31.1 Å². The Morgan fingerprint density at radius 3 is 2.68 bits per heavy atom. The third-order valence-corrected chi connectivity index (χ3v) is 3.37. The summed E-state index contributed by atoms with van der Waals surface area (Å²) in [6.45, 7) is 2.77. The Hall–Kier alpha value is -1.88. The molecule has 1 aromatic heterocycles. The first-order chi connectivity index (χ1) is 9.42. The van der Waals surface area contributed by atoms with Gasteiger partial charge in [-0.3, -0.25) is 0 Å². The Balaban J connectivity index is 1.57. The van der Waals surface area contributed by atoms with Gasteiger partial charge in [0.2, 0.25) is 0 Å². The van der Waals surface area contributed by atoms with Gasteiger partial charge in [-0.1, -0.05) is 0 Å². The maximum atomic E-state index is 5.48. The van der Waals surface area contributed by atoms with Gasteiger partial charge in [0.25, 0.3) is 0 Å². The number of anilines is 1. The molecule has 1 aliphatic rings. The Labute approximate surface area is 112 Å². The van der Waals surface area contributed by atoms with Crippen molar-refractivity contribution in [2.24, 2.45) is 5.92 Å². The van der Waals surface area contributed by atoms with Crippen molar-refractivity contribution >= 4 is 5.69 Å². The van der Waals surface area contributed by atoms with Crippen LogP contribution in [-0.2, 0) is 4.74 Å². The molecule has 1 fully saturated rings. The fraction of sp³-hybridized carbons (Fsp3) is 0.429. The molecule has 100 valence electrons. The van der Waals surface area contributed by atoms with Gasteiger partial charge >= 0.3 is 0 Å². The molecule has 2 heterocycles. The van der Waals surface area contributed by atoms with Crippen LogP contribution < -0.4 is 5.32 Å². The quantitative estimate of drug-likeness (QED) is 0.912. The zero-order valence-electron chi connectivity index (χ0n) is 10.8. The SMILES string of the molecule is c1cnn(-c2ccc(NCC3CCCOC3)cc2)n1. The number of aromatic nitrogens is 3. The molecule has 0 amide bonds. The van der Waals surface area contributed by atoms with Crippen molar-refractivity contribution in [3.05, 3.63) is 36.7 Å². The topological polar surface area (TPSA) is 52.0 Å². The van der Waals surface area contributed by atoms with E-state index in [0.29, 0.717) is 5.92 Å². The van der Waals surface area contributed by atoms with Crippen LogP contribution in [0.25, 0.3) is 5.69 Å². The van der Waals surface area contributed by atoms with Gasteiger partial charge in [-0.2, -0.15) is 15.0 Å². The average molecular weight is 258 g/mol. The lowest BCUT2D eigenvalue weighted by Crippen LogP contribution is -2.24. The van der Waals surface area contributed by atoms with Crippen molar-refractivity contribution in [1.82, 2.24) is 15.0 Å². The van der Waals surface area contributed by atoms with Crippen LogP contribution in [0.2, 0.25) is 0 Å². The van der Waals surface area contributed by atoms with Crippen LogP contribution in [0.15, 0.2) is 36.7 Å². The molecule has 19 heavy (non-hydrogen) atoms. The average Bonchev–Trinajstić information content (AvgIpc) is 3.01. The lowest BCUT2D eigenvalue weighted by Gasteiger charge is -2.22. The van der Waals surface area contributed by atoms with Gasteiger partial charge in [-0.05, 0) is 43.0 Å². The molecule has 1 unspecified atom stereocenters. The maximum Gasteiger partial charge on any atom is 0.0858 e. The zero-order valence-corrected chi connectivity index (χ0v) is 10.8. The van der Waals surface area contributed by atoms with E-state index >= 15 is 0 Å². The molecule has 0 radical (unpaired) electrons. The van der Waals surface area contributed by atoms with E-state index in [4.69, 9.17) is 4.74 Å². The molecule has 5 nitrogen and oxygen atoms in total. The van der Waals surface area contributed by atoms with Crippen molar-refractivity contribution in [2.75, 3.05) is 25.1 Å². The number of rotatable bonds is 4. The van der Waals surface area contributed by atoms with E-state index in [2.05, 4.69) is 27.6 Å². The lowest BCUT2D eigenvalue weighted by atomic mass is 10.0. The monoisotopic (exact) mass is 258 g/mol. The van der Waals surface area contributed by atoms with E-state index in [1.54, 1.807) is 17.2 Å². The summed E-state index contributed by atoms with van der Waals surface area (Å²) in [6, 6.07) is 8.14. The first kappa shape index (κ1) is 12.2. The van der Waals surface area contributed by atoms with Gasteiger partial charge in [0.05, 0.1) is 24.7 Å². The van der Waals surface area contributed by atoms with Gasteiger partial charge in [-0.25, -0.2) is 0 Å². The molecular weight excluding hydrogens is 240 g/mol. The van der Waals surface area contributed by atoms with Gasteiger partial charge in [0.15, 0.2) is 0 Å². The fourth-order valence-corrected chi connectivity index (χ4v) is 2.29. The smallest absolute Gasteiger partial charge is 0.0858 e. The second kappa shape index (κ2) is 5.84. The molecular formula is C14H18N4O. The van der Waals surface area contributed by atoms with Crippen molar-refractivity contribution in [3.8, 4) is 5.69 Å². The largest absolute Gasteiger partial charge is 0.385 e. The van der Waals surface area contributed by atoms with Crippen molar-refractivity contribution in [3.63, 3.8) is 0 Å². The van der Waals surface area contributed by atoms with E-state index in [1.165, 1.54) is 12.8 Å². The third-order valence-electron chi connectivity index (χ3n) is 3.37. The number of hydrogen-bond donors (Lipinski definition) is 1. The van der Waals surface area contributed by atoms with E-state index in [-0.39, 0.29) is 0 Å². The minimum Gasteiger partial charge on any atom is -0.385 e. The van der Waals surface area contributed by atoms with Crippen molar-refractivity contribution in [1.29, 1.82) is 0 Å². The maximum absolute atomic E-state index is 5.48. The second-order valence-corrected chi connectivity index (χ2v) is 4.83. The standard InChI is InChI=1S/C14H18N4O/c1-2-12(11-19-9-1)10-15-13-3-5-14(6-4-13)18-16-7-8-17-18/h3-8,12,15H,1-2,9-11H2. The number of nitrogens with one attached hydrogen (secondary N) is 1. The van der Waals surface area contributed by atoms with Crippen molar-refractivity contribution < 1.29 is 4.74 Å². The zero-order chi connectivity index (χ0) is 12.9. The molecule has 3 rings (SSSR count). The fourth-order valence-electron chi connectivity index (χ4n) is 2.29. The minimum atomic E-state index is 0.626. The van der Waals surface area contributed by atoms with Crippen molar-refractivity contribution in [2.45, 2.75) is 12.8 Å². The molecule has 1 N–H and O–H groups in total. The number of nitrogens with zero attached hydrogens (tertiary/aromatic N) is 3. The highest BCUT2D eigenvalue weighted by atomic mass is 16.5. The molecule has 5 heteroatoms. The summed E-state index contributed by atoms with van der Waals surface area (Å²) in [7, 11) is 0. The van der Waals surface area contributed by atoms with Crippen LogP contribution in [-0.4, -0.2) is 34.8 Å². The highest BCUT2D eigenvalue weighted by molar-refractivity contribution is 5.48. The summed E-state index contributed by atoms with van der Waals surface area (Å²) < 4.78 is 5.48. The molecule has 0 bridgehead atoms. The normalized spacial score (nSPS) is 19.3. The molecule has 0 saturated carbocycles. The van der Waals surface area contributed by atoms with E-state index in [1.807, 2.05) is 12.1 Å². The summed E-state index contributed by atoms with van der Waals surface area (Å²) in [6.07, 6.45) is 5.78. The summed E-state index contributed by atoms with van der Waals surface area (Å²) in [4.78, 5) is 1.61. The van der Waals surface area contributed by atoms with Crippen LogP contribution in [0.5, 0.6) is 0 Å². The highest BCUT2D eigenvalue weighted by Crippen LogP contribution is 2.16. The summed E-state index contributed by atoms with van der Waals surface area (Å²) in [5.41, 5.74) is 2.10. The Morgan fingerprint density at radius 2 is 2.00 bits per heavy atom. The predicted octanol–water partition coefficient (Wildman–Crippen LogP) is 2.11. The second-order valence-electron chi connectivity index (χ2n) is 4.83. The van der Waals surface area contributed by atoms with Crippen LogP contribution in [0.4, 0.5) is 5.69 Å². The molecule has 0 aliphatic carbocycles. The molecule has 1 atom stereocenters. The van der Waals surface area contributed by atoms with Gasteiger partial charge in [0, 0.05) is 18.8 Å². The summed E-state index contributed by atoms with van der Waals surface area (Å²) in [5.74, 6) is 0.626. The third kappa shape index (κ3) is 3.12. The molecule has 2 aromatic rings.